The van der Waals surface area contributed by atoms with E-state index in [4.69, 9.17) is 0 Å². The van der Waals surface area contributed by atoms with Crippen LogP contribution >= 0.6 is 0 Å². The minimum Gasteiger partial charge on any atom is -0.326 e. The molecule has 0 heterocycles. The molecule has 2 aromatic rings. The van der Waals surface area contributed by atoms with Gasteiger partial charge in [-0.25, -0.2) is 0 Å². The van der Waals surface area contributed by atoms with E-state index >= 15 is 0 Å². The molecule has 0 saturated carbocycles. The summed E-state index contributed by atoms with van der Waals surface area (Å²) in [6.45, 7) is 2.56. The van der Waals surface area contributed by atoms with E-state index in [0.717, 1.165) is 0 Å². The number of carbonyl (C=O) groups is 5. The fourth-order valence-corrected chi connectivity index (χ4v) is 2.68. The van der Waals surface area contributed by atoms with E-state index in [9.17, 15) is 24.0 Å². The Morgan fingerprint density at radius 3 is 1.90 bits per heavy atom. The first-order valence-corrected chi connectivity index (χ1v) is 9.30. The molecule has 1 unspecified atom stereocenters. The zero-order chi connectivity index (χ0) is 22.1. The van der Waals surface area contributed by atoms with Gasteiger partial charge in [-0.1, -0.05) is 24.3 Å². The van der Waals surface area contributed by atoms with Crippen LogP contribution < -0.4 is 16.0 Å². The summed E-state index contributed by atoms with van der Waals surface area (Å²) in [6.07, 6.45) is -0.551. The molecule has 30 heavy (non-hydrogen) atoms. The Kier molecular flexibility index (Phi) is 7.99. The lowest BCUT2D eigenvalue weighted by atomic mass is 9.99. The largest absolute Gasteiger partial charge is 0.326 e. The topological polar surface area (TPSA) is 121 Å². The molecule has 3 N–H and O–H groups in total. The Bertz CT molecular complexity index is 956. The molecule has 0 saturated heterocycles. The standard InChI is InChI=1S/C22H23N3O5/c1-14(26)11-20(28)24-17-9-6-10-18(12-17)25-22(30)19(15(2)27)13-21(29)23-16-7-4-3-5-8-16/h3-10,12,19H,11,13H2,1-2H3,(H,23,29)(H,24,28)(H,25,30). The van der Waals surface area contributed by atoms with Gasteiger partial charge in [-0.3, -0.25) is 24.0 Å². The lowest BCUT2D eigenvalue weighted by Crippen LogP contribution is -2.32. The van der Waals surface area contributed by atoms with Crippen molar-refractivity contribution in [1.29, 1.82) is 0 Å². The Morgan fingerprint density at radius 1 is 0.733 bits per heavy atom. The van der Waals surface area contributed by atoms with Crippen molar-refractivity contribution in [2.45, 2.75) is 26.7 Å². The predicted molar refractivity (Wildman–Crippen MR) is 113 cm³/mol. The number of hydrogen-bond acceptors (Lipinski definition) is 5. The molecule has 2 rings (SSSR count). The SMILES string of the molecule is CC(=O)CC(=O)Nc1cccc(NC(=O)C(CC(=O)Nc2ccccc2)C(C)=O)c1. The zero-order valence-electron chi connectivity index (χ0n) is 16.7. The summed E-state index contributed by atoms with van der Waals surface area (Å²) in [5, 5.41) is 7.79. The van der Waals surface area contributed by atoms with E-state index in [2.05, 4.69) is 16.0 Å². The lowest BCUT2D eigenvalue weighted by molar-refractivity contribution is -0.133. The van der Waals surface area contributed by atoms with Gasteiger partial charge in [0.25, 0.3) is 0 Å². The number of para-hydroxylation sites is 1. The molecule has 0 bridgehead atoms. The van der Waals surface area contributed by atoms with Crippen molar-refractivity contribution in [3.8, 4) is 0 Å². The molecule has 1 atom stereocenters. The molecule has 0 aliphatic rings. The molecule has 0 fully saturated rings. The highest BCUT2D eigenvalue weighted by Gasteiger charge is 2.26. The third kappa shape index (κ3) is 7.31. The minimum atomic E-state index is -1.16. The van der Waals surface area contributed by atoms with Gasteiger partial charge in [0.15, 0.2) is 0 Å². The van der Waals surface area contributed by atoms with E-state index < -0.39 is 29.4 Å². The molecule has 0 aliphatic heterocycles. The summed E-state index contributed by atoms with van der Waals surface area (Å²) < 4.78 is 0. The second kappa shape index (κ2) is 10.7. The first-order valence-electron chi connectivity index (χ1n) is 9.30. The van der Waals surface area contributed by atoms with Crippen molar-refractivity contribution in [1.82, 2.24) is 0 Å². The summed E-state index contributed by atoms with van der Waals surface area (Å²) in [4.78, 5) is 59.5. The molecule has 0 aliphatic carbocycles. The van der Waals surface area contributed by atoms with E-state index in [-0.39, 0.29) is 18.6 Å². The summed E-state index contributed by atoms with van der Waals surface area (Å²) >= 11 is 0. The Morgan fingerprint density at radius 2 is 1.30 bits per heavy atom. The molecule has 8 heteroatoms. The number of rotatable bonds is 9. The quantitative estimate of drug-likeness (QED) is 0.550. The van der Waals surface area contributed by atoms with Gasteiger partial charge in [0.05, 0.1) is 6.42 Å². The maximum absolute atomic E-state index is 12.6. The molecule has 156 valence electrons. The minimum absolute atomic E-state index is 0.250. The molecule has 0 spiro atoms. The predicted octanol–water partition coefficient (Wildman–Crippen LogP) is 2.78. The van der Waals surface area contributed by atoms with Gasteiger partial charge >= 0.3 is 0 Å². The van der Waals surface area contributed by atoms with Crippen LogP contribution in [0.1, 0.15) is 26.7 Å². The summed E-state index contributed by atoms with van der Waals surface area (Å²) in [7, 11) is 0. The smallest absolute Gasteiger partial charge is 0.235 e. The van der Waals surface area contributed by atoms with Gasteiger partial charge in [0.1, 0.15) is 17.5 Å². The Balaban J connectivity index is 2.01. The first-order chi connectivity index (χ1) is 14.2. The second-order valence-electron chi connectivity index (χ2n) is 6.78. The number of ketones is 2. The van der Waals surface area contributed by atoms with Gasteiger partial charge in [0, 0.05) is 23.5 Å². The lowest BCUT2D eigenvalue weighted by Gasteiger charge is -2.15. The summed E-state index contributed by atoms with van der Waals surface area (Å²) in [5.41, 5.74) is 1.30. The van der Waals surface area contributed by atoms with Crippen LogP contribution in [0.3, 0.4) is 0 Å². The van der Waals surface area contributed by atoms with Gasteiger partial charge in [0.2, 0.25) is 17.7 Å². The molecule has 2 aromatic carbocycles. The van der Waals surface area contributed by atoms with Gasteiger partial charge in [-0.05, 0) is 44.2 Å². The van der Waals surface area contributed by atoms with Crippen LogP contribution in [0.5, 0.6) is 0 Å². The van der Waals surface area contributed by atoms with Gasteiger partial charge < -0.3 is 16.0 Å². The van der Waals surface area contributed by atoms with Crippen molar-refractivity contribution in [3.05, 3.63) is 54.6 Å². The zero-order valence-corrected chi connectivity index (χ0v) is 16.7. The molecule has 0 radical (unpaired) electrons. The van der Waals surface area contributed by atoms with Crippen LogP contribution in [-0.4, -0.2) is 29.3 Å². The van der Waals surface area contributed by atoms with Crippen LogP contribution in [0.15, 0.2) is 54.6 Å². The number of amides is 3. The highest BCUT2D eigenvalue weighted by molar-refractivity contribution is 6.10. The van der Waals surface area contributed by atoms with Gasteiger partial charge in [-0.2, -0.15) is 0 Å². The highest BCUT2D eigenvalue weighted by Crippen LogP contribution is 2.18. The van der Waals surface area contributed by atoms with Crippen molar-refractivity contribution < 1.29 is 24.0 Å². The van der Waals surface area contributed by atoms with Crippen molar-refractivity contribution in [2.75, 3.05) is 16.0 Å². The Labute approximate surface area is 174 Å². The van der Waals surface area contributed by atoms with Crippen LogP contribution in [0, 0.1) is 5.92 Å². The van der Waals surface area contributed by atoms with Crippen molar-refractivity contribution in [3.63, 3.8) is 0 Å². The summed E-state index contributed by atoms with van der Waals surface area (Å²) in [6, 6.07) is 15.0. The number of Topliss-reactive ketones (excluding diaryl/α,β-unsaturated/α-hetero) is 2. The average molecular weight is 409 g/mol. The number of anilines is 3. The number of carbonyl (C=O) groups excluding carboxylic acids is 5. The van der Waals surface area contributed by atoms with Crippen molar-refractivity contribution in [2.24, 2.45) is 5.92 Å². The molecule has 8 nitrogen and oxygen atoms in total. The monoisotopic (exact) mass is 409 g/mol. The average Bonchev–Trinajstić information content (AvgIpc) is 2.66. The van der Waals surface area contributed by atoms with Crippen LogP contribution in [0.4, 0.5) is 17.1 Å². The maximum atomic E-state index is 12.6. The summed E-state index contributed by atoms with van der Waals surface area (Å²) in [5.74, 6) is -3.42. The third-order valence-electron chi connectivity index (χ3n) is 4.08. The van der Waals surface area contributed by atoms with Gasteiger partial charge in [-0.15, -0.1) is 0 Å². The molecular formula is C22H23N3O5. The number of hydrogen-bond donors (Lipinski definition) is 3. The van der Waals surface area contributed by atoms with Crippen LogP contribution in [0.2, 0.25) is 0 Å². The first kappa shape index (κ1) is 22.5. The third-order valence-corrected chi connectivity index (χ3v) is 4.08. The van der Waals surface area contributed by atoms with Crippen LogP contribution in [0.25, 0.3) is 0 Å². The van der Waals surface area contributed by atoms with E-state index in [0.29, 0.717) is 17.1 Å². The molecule has 0 aromatic heterocycles. The molecular weight excluding hydrogens is 386 g/mol. The number of nitrogens with one attached hydrogen (secondary N) is 3. The number of benzene rings is 2. The van der Waals surface area contributed by atoms with Crippen LogP contribution in [-0.2, 0) is 24.0 Å². The molecule has 3 amide bonds. The highest BCUT2D eigenvalue weighted by atomic mass is 16.2. The Hall–Kier alpha value is -3.81. The maximum Gasteiger partial charge on any atom is 0.235 e. The van der Waals surface area contributed by atoms with E-state index in [1.54, 1.807) is 48.5 Å². The van der Waals surface area contributed by atoms with E-state index in [1.807, 2.05) is 0 Å². The fourth-order valence-electron chi connectivity index (χ4n) is 2.68. The second-order valence-corrected chi connectivity index (χ2v) is 6.78. The van der Waals surface area contributed by atoms with E-state index in [1.165, 1.54) is 19.9 Å². The normalized spacial score (nSPS) is 11.1. The van der Waals surface area contributed by atoms with Crippen molar-refractivity contribution >= 4 is 46.4 Å². The fraction of sp³-hybridized carbons (Fsp3) is 0.227.